The highest BCUT2D eigenvalue weighted by atomic mass is 19.2. The number of carbonyl (C=O) groups is 1. The average Bonchev–Trinajstić information content (AvgIpc) is 3.28. The van der Waals surface area contributed by atoms with Crippen molar-refractivity contribution >= 4 is 17.3 Å². The first kappa shape index (κ1) is 14.4. The number of halogens is 2. The van der Waals surface area contributed by atoms with Crippen molar-refractivity contribution in [2.45, 2.75) is 25.8 Å². The summed E-state index contributed by atoms with van der Waals surface area (Å²) in [5.41, 5.74) is 1.46. The summed E-state index contributed by atoms with van der Waals surface area (Å²) >= 11 is 0. The summed E-state index contributed by atoms with van der Waals surface area (Å²) in [5.74, 6) is -2.42. The minimum atomic E-state index is -1.01. The molecule has 0 atom stereocenters. The second-order valence-electron chi connectivity index (χ2n) is 5.27. The van der Waals surface area contributed by atoms with Crippen molar-refractivity contribution in [1.29, 1.82) is 0 Å². The minimum Gasteiger partial charge on any atom is -0.381 e. The number of aromatic nitrogens is 2. The Morgan fingerprint density at radius 1 is 1.18 bits per heavy atom. The van der Waals surface area contributed by atoms with Gasteiger partial charge in [0.2, 0.25) is 0 Å². The predicted octanol–water partition coefficient (Wildman–Crippen LogP) is 2.89. The van der Waals surface area contributed by atoms with Crippen LogP contribution in [-0.2, 0) is 0 Å². The lowest BCUT2D eigenvalue weighted by atomic mass is 10.2. The standard InChI is InChI=1S/C15H14F2N4O/c1-8-4-9(7-18-21-8)15(22)20-14-6-12(17)11(16)5-13(14)19-10-2-3-10/h4-7,10,19H,2-3H2,1H3,(H,20,22). The highest BCUT2D eigenvalue weighted by Gasteiger charge is 2.23. The zero-order valence-electron chi connectivity index (χ0n) is 11.9. The summed E-state index contributed by atoms with van der Waals surface area (Å²) in [7, 11) is 0. The molecular weight excluding hydrogens is 290 g/mol. The number of hydrogen-bond donors (Lipinski definition) is 2. The molecule has 1 aliphatic carbocycles. The Kier molecular flexibility index (Phi) is 3.70. The first-order chi connectivity index (χ1) is 10.5. The predicted molar refractivity (Wildman–Crippen MR) is 77.7 cm³/mol. The van der Waals surface area contributed by atoms with Gasteiger partial charge in [-0.3, -0.25) is 4.79 Å². The number of nitrogens with zero attached hydrogens (tertiary/aromatic N) is 2. The lowest BCUT2D eigenvalue weighted by Gasteiger charge is -2.13. The van der Waals surface area contributed by atoms with E-state index in [1.807, 2.05) is 0 Å². The second-order valence-corrected chi connectivity index (χ2v) is 5.27. The van der Waals surface area contributed by atoms with Crippen molar-refractivity contribution in [2.24, 2.45) is 0 Å². The van der Waals surface area contributed by atoms with E-state index in [0.717, 1.165) is 25.0 Å². The van der Waals surface area contributed by atoms with E-state index in [1.54, 1.807) is 13.0 Å². The molecule has 1 heterocycles. The Balaban J connectivity index is 1.86. The number of rotatable bonds is 4. The molecule has 0 aliphatic heterocycles. The van der Waals surface area contributed by atoms with E-state index in [4.69, 9.17) is 0 Å². The molecule has 7 heteroatoms. The van der Waals surface area contributed by atoms with Gasteiger partial charge in [-0.1, -0.05) is 0 Å². The lowest BCUT2D eigenvalue weighted by Crippen LogP contribution is -2.15. The van der Waals surface area contributed by atoms with Crippen LogP contribution in [0.15, 0.2) is 24.4 Å². The minimum absolute atomic E-state index is 0.199. The molecule has 3 rings (SSSR count). The van der Waals surface area contributed by atoms with Gasteiger partial charge in [-0.15, -0.1) is 0 Å². The van der Waals surface area contributed by atoms with Crippen molar-refractivity contribution in [3.63, 3.8) is 0 Å². The fraction of sp³-hybridized carbons (Fsp3) is 0.267. The topological polar surface area (TPSA) is 66.9 Å². The normalized spacial score (nSPS) is 13.8. The second kappa shape index (κ2) is 5.67. The largest absolute Gasteiger partial charge is 0.381 e. The van der Waals surface area contributed by atoms with Gasteiger partial charge < -0.3 is 10.6 Å². The summed E-state index contributed by atoms with van der Waals surface area (Å²) in [6.45, 7) is 1.71. The zero-order chi connectivity index (χ0) is 15.7. The highest BCUT2D eigenvalue weighted by Crippen LogP contribution is 2.31. The van der Waals surface area contributed by atoms with Gasteiger partial charge in [0.25, 0.3) is 5.91 Å². The van der Waals surface area contributed by atoms with Gasteiger partial charge in [0, 0.05) is 18.2 Å². The molecule has 1 saturated carbocycles. The third-order valence-corrected chi connectivity index (χ3v) is 3.28. The molecule has 1 aromatic heterocycles. The molecule has 1 aliphatic rings. The van der Waals surface area contributed by atoms with E-state index >= 15 is 0 Å². The number of carbonyl (C=O) groups excluding carboxylic acids is 1. The Morgan fingerprint density at radius 3 is 2.50 bits per heavy atom. The van der Waals surface area contributed by atoms with Gasteiger partial charge >= 0.3 is 0 Å². The Bertz CT molecular complexity index is 731. The molecule has 22 heavy (non-hydrogen) atoms. The molecule has 1 fully saturated rings. The van der Waals surface area contributed by atoms with Crippen LogP contribution in [0.4, 0.5) is 20.2 Å². The van der Waals surface area contributed by atoms with E-state index in [0.29, 0.717) is 16.9 Å². The molecule has 2 aromatic rings. The van der Waals surface area contributed by atoms with Crippen LogP contribution in [0.1, 0.15) is 28.9 Å². The molecule has 0 radical (unpaired) electrons. The van der Waals surface area contributed by atoms with Crippen LogP contribution < -0.4 is 10.6 Å². The maximum Gasteiger partial charge on any atom is 0.257 e. The first-order valence-electron chi connectivity index (χ1n) is 6.89. The van der Waals surface area contributed by atoms with Crippen LogP contribution in [-0.4, -0.2) is 22.1 Å². The SMILES string of the molecule is Cc1cc(C(=O)Nc2cc(F)c(F)cc2NC2CC2)cnn1. The smallest absolute Gasteiger partial charge is 0.257 e. The number of benzene rings is 1. The summed E-state index contributed by atoms with van der Waals surface area (Å²) in [6.07, 6.45) is 3.26. The number of amides is 1. The van der Waals surface area contributed by atoms with Gasteiger partial charge in [0.1, 0.15) is 0 Å². The van der Waals surface area contributed by atoms with Gasteiger partial charge in [0.05, 0.1) is 28.8 Å². The third kappa shape index (κ3) is 3.19. The van der Waals surface area contributed by atoms with Gasteiger partial charge in [-0.2, -0.15) is 10.2 Å². The summed E-state index contributed by atoms with van der Waals surface area (Å²) in [6, 6.07) is 3.83. The van der Waals surface area contributed by atoms with E-state index in [1.165, 1.54) is 6.20 Å². The maximum atomic E-state index is 13.5. The van der Waals surface area contributed by atoms with Crippen LogP contribution >= 0.6 is 0 Å². The lowest BCUT2D eigenvalue weighted by molar-refractivity contribution is 0.102. The quantitative estimate of drug-likeness (QED) is 0.911. The number of anilines is 2. The van der Waals surface area contributed by atoms with Crippen molar-refractivity contribution in [2.75, 3.05) is 10.6 Å². The van der Waals surface area contributed by atoms with E-state index in [-0.39, 0.29) is 11.7 Å². The molecule has 0 bridgehead atoms. The van der Waals surface area contributed by atoms with Crippen LogP contribution in [0.25, 0.3) is 0 Å². The van der Waals surface area contributed by atoms with E-state index in [2.05, 4.69) is 20.8 Å². The molecule has 0 spiro atoms. The van der Waals surface area contributed by atoms with Gasteiger partial charge in [-0.05, 0) is 25.8 Å². The molecule has 0 unspecified atom stereocenters. The first-order valence-corrected chi connectivity index (χ1v) is 6.89. The number of aryl methyl sites for hydroxylation is 1. The molecule has 1 aromatic carbocycles. The van der Waals surface area contributed by atoms with Crippen LogP contribution in [0.3, 0.4) is 0 Å². The molecule has 0 saturated heterocycles. The highest BCUT2D eigenvalue weighted by molar-refractivity contribution is 6.05. The maximum absolute atomic E-state index is 13.5. The Morgan fingerprint density at radius 2 is 1.86 bits per heavy atom. The number of hydrogen-bond acceptors (Lipinski definition) is 4. The fourth-order valence-corrected chi connectivity index (χ4v) is 2.01. The Labute approximate surface area is 125 Å². The van der Waals surface area contributed by atoms with Crippen molar-refractivity contribution in [3.8, 4) is 0 Å². The summed E-state index contributed by atoms with van der Waals surface area (Å²) in [5, 5.41) is 13.1. The molecule has 2 N–H and O–H groups in total. The van der Waals surface area contributed by atoms with Crippen molar-refractivity contribution in [1.82, 2.24) is 10.2 Å². The third-order valence-electron chi connectivity index (χ3n) is 3.28. The van der Waals surface area contributed by atoms with Gasteiger partial charge in [0.15, 0.2) is 11.6 Å². The zero-order valence-corrected chi connectivity index (χ0v) is 11.9. The molecule has 114 valence electrons. The van der Waals surface area contributed by atoms with Crippen LogP contribution in [0, 0.1) is 18.6 Å². The average molecular weight is 304 g/mol. The summed E-state index contributed by atoms with van der Waals surface area (Å²) < 4.78 is 26.9. The van der Waals surface area contributed by atoms with Crippen molar-refractivity contribution < 1.29 is 13.6 Å². The van der Waals surface area contributed by atoms with Crippen LogP contribution in [0.2, 0.25) is 0 Å². The molecule has 1 amide bonds. The Hall–Kier alpha value is -2.57. The fourth-order valence-electron chi connectivity index (χ4n) is 2.01. The monoisotopic (exact) mass is 304 g/mol. The van der Waals surface area contributed by atoms with Crippen molar-refractivity contribution in [3.05, 3.63) is 47.3 Å². The number of nitrogens with one attached hydrogen (secondary N) is 2. The van der Waals surface area contributed by atoms with Gasteiger partial charge in [-0.25, -0.2) is 8.78 Å². The molecule has 5 nitrogen and oxygen atoms in total. The van der Waals surface area contributed by atoms with E-state index < -0.39 is 17.5 Å². The summed E-state index contributed by atoms with van der Waals surface area (Å²) in [4.78, 5) is 12.2. The molecular formula is C15H14F2N4O. The van der Waals surface area contributed by atoms with Crippen LogP contribution in [0.5, 0.6) is 0 Å². The van der Waals surface area contributed by atoms with E-state index in [9.17, 15) is 13.6 Å².